The van der Waals surface area contributed by atoms with Crippen LogP contribution in [0.5, 0.6) is 0 Å². The molecule has 0 aliphatic rings. The van der Waals surface area contributed by atoms with Gasteiger partial charge in [0.1, 0.15) is 5.02 Å². The summed E-state index contributed by atoms with van der Waals surface area (Å²) < 4.78 is 1.21. The number of halogens is 1. The minimum Gasteiger partial charge on any atom is -0.353 e. The Hall–Kier alpha value is -1.85. The zero-order chi connectivity index (χ0) is 15.4. The SMILES string of the molecule is CN(C)CCc1ccc(Nc2cnn(C)c(=O)c2Cl)cc1. The zero-order valence-corrected chi connectivity index (χ0v) is 13.2. The first-order valence-electron chi connectivity index (χ1n) is 6.70. The monoisotopic (exact) mass is 306 g/mol. The van der Waals surface area contributed by atoms with Gasteiger partial charge in [-0.1, -0.05) is 23.7 Å². The Bertz CT molecular complexity index is 664. The van der Waals surface area contributed by atoms with Gasteiger partial charge in [0.05, 0.1) is 11.9 Å². The topological polar surface area (TPSA) is 50.2 Å². The maximum Gasteiger partial charge on any atom is 0.287 e. The Morgan fingerprint density at radius 1 is 1.29 bits per heavy atom. The van der Waals surface area contributed by atoms with E-state index in [2.05, 4.69) is 41.5 Å². The molecule has 0 saturated heterocycles. The number of hydrogen-bond acceptors (Lipinski definition) is 4. The maximum atomic E-state index is 11.7. The lowest BCUT2D eigenvalue weighted by Gasteiger charge is -2.11. The Labute approximate surface area is 129 Å². The van der Waals surface area contributed by atoms with Gasteiger partial charge < -0.3 is 10.2 Å². The summed E-state index contributed by atoms with van der Waals surface area (Å²) in [6, 6.07) is 8.07. The molecule has 0 atom stereocenters. The fourth-order valence-corrected chi connectivity index (χ4v) is 2.08. The van der Waals surface area contributed by atoms with Crippen LogP contribution in [-0.4, -0.2) is 35.3 Å². The largest absolute Gasteiger partial charge is 0.353 e. The van der Waals surface area contributed by atoms with Crippen molar-refractivity contribution in [3.63, 3.8) is 0 Å². The normalized spacial score (nSPS) is 10.9. The number of likely N-dealkylation sites (N-methyl/N-ethyl adjacent to an activating group) is 1. The number of hydrogen-bond donors (Lipinski definition) is 1. The Morgan fingerprint density at radius 2 is 1.95 bits per heavy atom. The molecule has 21 heavy (non-hydrogen) atoms. The molecule has 2 rings (SSSR count). The molecule has 1 heterocycles. The van der Waals surface area contributed by atoms with Crippen LogP contribution in [0.15, 0.2) is 35.3 Å². The highest BCUT2D eigenvalue weighted by Gasteiger charge is 2.07. The lowest BCUT2D eigenvalue weighted by Crippen LogP contribution is -2.20. The van der Waals surface area contributed by atoms with Crippen LogP contribution in [0.25, 0.3) is 0 Å². The molecule has 0 aliphatic heterocycles. The van der Waals surface area contributed by atoms with Crippen LogP contribution in [0, 0.1) is 0 Å². The number of nitrogens with one attached hydrogen (secondary N) is 1. The fourth-order valence-electron chi connectivity index (χ4n) is 1.86. The van der Waals surface area contributed by atoms with Crippen LogP contribution in [0.2, 0.25) is 5.02 Å². The van der Waals surface area contributed by atoms with Gasteiger partial charge >= 0.3 is 0 Å². The van der Waals surface area contributed by atoms with Crippen molar-refractivity contribution in [3.8, 4) is 0 Å². The van der Waals surface area contributed by atoms with Crippen molar-refractivity contribution in [2.45, 2.75) is 6.42 Å². The number of nitrogens with zero attached hydrogens (tertiary/aromatic N) is 3. The van der Waals surface area contributed by atoms with Crippen molar-refractivity contribution in [2.24, 2.45) is 7.05 Å². The molecular weight excluding hydrogens is 288 g/mol. The van der Waals surface area contributed by atoms with Crippen molar-refractivity contribution < 1.29 is 0 Å². The Kier molecular flexibility index (Phi) is 4.98. The lowest BCUT2D eigenvalue weighted by molar-refractivity contribution is 0.413. The molecular formula is C15H19ClN4O. The predicted molar refractivity (Wildman–Crippen MR) is 86.5 cm³/mol. The van der Waals surface area contributed by atoms with E-state index in [0.29, 0.717) is 5.69 Å². The highest BCUT2D eigenvalue weighted by molar-refractivity contribution is 6.33. The summed E-state index contributed by atoms with van der Waals surface area (Å²) in [5, 5.41) is 7.21. The maximum absolute atomic E-state index is 11.7. The van der Waals surface area contributed by atoms with Crippen molar-refractivity contribution >= 4 is 23.0 Å². The fraction of sp³-hybridized carbons (Fsp3) is 0.333. The third-order valence-electron chi connectivity index (χ3n) is 3.16. The molecule has 0 radical (unpaired) electrons. The van der Waals surface area contributed by atoms with Crippen LogP contribution in [-0.2, 0) is 13.5 Å². The Morgan fingerprint density at radius 3 is 2.57 bits per heavy atom. The van der Waals surface area contributed by atoms with E-state index in [1.807, 2.05) is 12.1 Å². The average molecular weight is 307 g/mol. The van der Waals surface area contributed by atoms with Gasteiger partial charge in [-0.2, -0.15) is 5.10 Å². The average Bonchev–Trinajstić information content (AvgIpc) is 2.47. The third-order valence-corrected chi connectivity index (χ3v) is 3.52. The van der Waals surface area contributed by atoms with Gasteiger partial charge in [0.15, 0.2) is 0 Å². The van der Waals surface area contributed by atoms with Gasteiger partial charge in [-0.25, -0.2) is 4.68 Å². The molecule has 1 N–H and O–H groups in total. The summed E-state index contributed by atoms with van der Waals surface area (Å²) in [6.07, 6.45) is 2.55. The minimum absolute atomic E-state index is 0.143. The van der Waals surface area contributed by atoms with Crippen molar-refractivity contribution in [3.05, 3.63) is 51.4 Å². The number of anilines is 2. The molecule has 5 nitrogen and oxygen atoms in total. The first kappa shape index (κ1) is 15.5. The lowest BCUT2D eigenvalue weighted by atomic mass is 10.1. The second-order valence-electron chi connectivity index (χ2n) is 5.18. The number of rotatable bonds is 5. The molecule has 0 saturated carbocycles. The molecule has 1 aromatic carbocycles. The standard InChI is InChI=1S/C15H19ClN4O/c1-19(2)9-8-11-4-6-12(7-5-11)18-13-10-17-20(3)15(21)14(13)16/h4-7,10,18H,8-9H2,1-3H3. The van der Waals surface area contributed by atoms with Crippen LogP contribution in [0.4, 0.5) is 11.4 Å². The van der Waals surface area contributed by atoms with E-state index >= 15 is 0 Å². The van der Waals surface area contributed by atoms with Gasteiger partial charge in [0.25, 0.3) is 5.56 Å². The van der Waals surface area contributed by atoms with Crippen LogP contribution in [0.3, 0.4) is 0 Å². The molecule has 1 aromatic heterocycles. The van der Waals surface area contributed by atoms with E-state index in [9.17, 15) is 4.79 Å². The predicted octanol–water partition coefficient (Wildman–Crippen LogP) is 2.28. The van der Waals surface area contributed by atoms with E-state index < -0.39 is 0 Å². The summed E-state index contributed by atoms with van der Waals surface area (Å²) in [4.78, 5) is 13.9. The molecule has 0 spiro atoms. The number of benzene rings is 1. The van der Waals surface area contributed by atoms with Crippen molar-refractivity contribution in [2.75, 3.05) is 26.0 Å². The quantitative estimate of drug-likeness (QED) is 0.921. The van der Waals surface area contributed by atoms with Gasteiger partial charge in [-0.05, 0) is 38.2 Å². The second-order valence-corrected chi connectivity index (χ2v) is 5.55. The number of aryl methyl sites for hydroxylation is 1. The molecule has 6 heteroatoms. The first-order valence-corrected chi connectivity index (χ1v) is 7.07. The van der Waals surface area contributed by atoms with E-state index in [0.717, 1.165) is 18.7 Å². The smallest absolute Gasteiger partial charge is 0.287 e. The third kappa shape index (κ3) is 4.06. The van der Waals surface area contributed by atoms with Gasteiger partial charge in [-0.15, -0.1) is 0 Å². The van der Waals surface area contributed by atoms with Gasteiger partial charge in [0.2, 0.25) is 0 Å². The van der Waals surface area contributed by atoms with Gasteiger partial charge in [-0.3, -0.25) is 4.79 Å². The summed E-state index contributed by atoms with van der Waals surface area (Å²) in [7, 11) is 5.68. The summed E-state index contributed by atoms with van der Waals surface area (Å²) in [5.74, 6) is 0. The highest BCUT2D eigenvalue weighted by Crippen LogP contribution is 2.21. The first-order chi connectivity index (χ1) is 9.97. The molecule has 0 unspecified atom stereocenters. The molecule has 2 aromatic rings. The highest BCUT2D eigenvalue weighted by atomic mass is 35.5. The van der Waals surface area contributed by atoms with Crippen LogP contribution < -0.4 is 10.9 Å². The van der Waals surface area contributed by atoms with Gasteiger partial charge in [0, 0.05) is 19.3 Å². The van der Waals surface area contributed by atoms with Crippen LogP contribution in [0.1, 0.15) is 5.56 Å². The van der Waals surface area contributed by atoms with E-state index in [1.54, 1.807) is 13.2 Å². The Balaban J connectivity index is 2.10. The molecule has 0 aliphatic carbocycles. The van der Waals surface area contributed by atoms with Crippen LogP contribution >= 0.6 is 11.6 Å². The summed E-state index contributed by atoms with van der Waals surface area (Å²) >= 11 is 6.02. The minimum atomic E-state index is -0.315. The molecule has 0 amide bonds. The molecule has 0 bridgehead atoms. The zero-order valence-electron chi connectivity index (χ0n) is 12.4. The van der Waals surface area contributed by atoms with E-state index in [4.69, 9.17) is 11.6 Å². The molecule has 0 fully saturated rings. The van der Waals surface area contributed by atoms with E-state index in [1.165, 1.54) is 10.2 Å². The summed E-state index contributed by atoms with van der Waals surface area (Å²) in [6.45, 7) is 1.01. The van der Waals surface area contributed by atoms with E-state index in [-0.39, 0.29) is 10.6 Å². The van der Waals surface area contributed by atoms with Crippen molar-refractivity contribution in [1.82, 2.24) is 14.7 Å². The summed E-state index contributed by atoms with van der Waals surface area (Å²) in [5.41, 5.74) is 2.34. The second kappa shape index (κ2) is 6.74. The van der Waals surface area contributed by atoms with Crippen molar-refractivity contribution in [1.29, 1.82) is 0 Å². The number of aromatic nitrogens is 2. The molecule has 112 valence electrons.